The van der Waals surface area contributed by atoms with E-state index in [1.54, 1.807) is 12.1 Å². The van der Waals surface area contributed by atoms with Crippen molar-refractivity contribution < 1.29 is 9.53 Å². The third-order valence-corrected chi connectivity index (χ3v) is 3.57. The van der Waals surface area contributed by atoms with E-state index < -0.39 is 0 Å². The molecule has 0 unspecified atom stereocenters. The van der Waals surface area contributed by atoms with Gasteiger partial charge in [-0.3, -0.25) is 9.79 Å². The van der Waals surface area contributed by atoms with Gasteiger partial charge in [0.2, 0.25) is 0 Å². The fourth-order valence-electron chi connectivity index (χ4n) is 2.45. The molecule has 24 heavy (non-hydrogen) atoms. The zero-order chi connectivity index (χ0) is 16.9. The van der Waals surface area contributed by atoms with Gasteiger partial charge in [-0.2, -0.15) is 0 Å². The van der Waals surface area contributed by atoms with Crippen LogP contribution in [-0.2, 0) is 0 Å². The molecule has 0 fully saturated rings. The predicted molar refractivity (Wildman–Crippen MR) is 96.0 cm³/mol. The first-order chi connectivity index (χ1) is 11.6. The summed E-state index contributed by atoms with van der Waals surface area (Å²) in [5.74, 6) is 1.54. The Bertz CT molecular complexity index is 734. The van der Waals surface area contributed by atoms with Crippen LogP contribution in [0.5, 0.6) is 5.75 Å². The fourth-order valence-corrected chi connectivity index (χ4v) is 2.45. The molecule has 2 N–H and O–H groups in total. The van der Waals surface area contributed by atoms with Crippen LogP contribution in [0.2, 0.25) is 0 Å². The van der Waals surface area contributed by atoms with E-state index in [1.807, 2.05) is 50.2 Å². The molecule has 0 saturated heterocycles. The zero-order valence-electron chi connectivity index (χ0n) is 13.9. The summed E-state index contributed by atoms with van der Waals surface area (Å²) in [6, 6.07) is 14.6. The van der Waals surface area contributed by atoms with Crippen molar-refractivity contribution in [2.24, 2.45) is 4.99 Å². The molecule has 0 aromatic heterocycles. The maximum absolute atomic E-state index is 12.5. The number of benzene rings is 2. The molecule has 5 heteroatoms. The quantitative estimate of drug-likeness (QED) is 0.830. The molecule has 0 atom stereocenters. The van der Waals surface area contributed by atoms with Gasteiger partial charge in [-0.15, -0.1) is 0 Å². The smallest absolute Gasteiger partial charge is 0.195 e. The Morgan fingerprint density at radius 1 is 1.08 bits per heavy atom. The Kier molecular flexibility index (Phi) is 4.79. The van der Waals surface area contributed by atoms with Gasteiger partial charge in [-0.05, 0) is 62.4 Å². The Morgan fingerprint density at radius 2 is 1.71 bits per heavy atom. The number of ketones is 1. The third-order valence-electron chi connectivity index (χ3n) is 3.57. The van der Waals surface area contributed by atoms with Crippen LogP contribution < -0.4 is 15.4 Å². The van der Waals surface area contributed by atoms with E-state index in [4.69, 9.17) is 4.74 Å². The van der Waals surface area contributed by atoms with E-state index in [0.29, 0.717) is 11.1 Å². The third kappa shape index (κ3) is 3.93. The van der Waals surface area contributed by atoms with Crippen molar-refractivity contribution >= 4 is 17.4 Å². The number of carbonyl (C=O) groups excluding carboxylic acids is 1. The van der Waals surface area contributed by atoms with E-state index in [1.165, 1.54) is 0 Å². The van der Waals surface area contributed by atoms with Gasteiger partial charge in [0, 0.05) is 23.4 Å². The van der Waals surface area contributed by atoms with E-state index >= 15 is 0 Å². The lowest BCUT2D eigenvalue weighted by Gasteiger charge is -2.10. The molecular formula is C19H21N3O2. The maximum atomic E-state index is 12.5. The molecule has 2 aromatic rings. The summed E-state index contributed by atoms with van der Waals surface area (Å²) in [5, 5.41) is 6.33. The zero-order valence-corrected chi connectivity index (χ0v) is 13.9. The van der Waals surface area contributed by atoms with Crippen molar-refractivity contribution in [1.29, 1.82) is 0 Å². The van der Waals surface area contributed by atoms with Gasteiger partial charge in [0.15, 0.2) is 11.7 Å². The second kappa shape index (κ2) is 7.17. The number of nitrogens with one attached hydrogen (secondary N) is 2. The van der Waals surface area contributed by atoms with Crippen LogP contribution in [0.15, 0.2) is 53.5 Å². The van der Waals surface area contributed by atoms with Crippen LogP contribution in [0.25, 0.3) is 0 Å². The van der Waals surface area contributed by atoms with Gasteiger partial charge in [0.1, 0.15) is 5.75 Å². The van der Waals surface area contributed by atoms with Crippen LogP contribution in [-0.4, -0.2) is 30.9 Å². The molecule has 1 aliphatic heterocycles. The number of guanidine groups is 1. The SMILES string of the molecule is CC(C)Oc1ccc(C(=O)c2ccc(NC3=NCCN3)cc2)cc1. The average molecular weight is 323 g/mol. The largest absolute Gasteiger partial charge is 0.491 e. The van der Waals surface area contributed by atoms with Gasteiger partial charge in [0.05, 0.1) is 12.6 Å². The molecule has 0 amide bonds. The van der Waals surface area contributed by atoms with E-state index in [-0.39, 0.29) is 11.9 Å². The van der Waals surface area contributed by atoms with Crippen molar-refractivity contribution in [2.75, 3.05) is 18.4 Å². The van der Waals surface area contributed by atoms with Crippen molar-refractivity contribution in [3.8, 4) is 5.75 Å². The summed E-state index contributed by atoms with van der Waals surface area (Å²) in [6.07, 6.45) is 0.116. The van der Waals surface area contributed by atoms with Crippen LogP contribution >= 0.6 is 0 Å². The Morgan fingerprint density at radius 3 is 2.25 bits per heavy atom. The second-order valence-corrected chi connectivity index (χ2v) is 5.88. The minimum atomic E-state index is -0.00558. The van der Waals surface area contributed by atoms with E-state index in [9.17, 15) is 4.79 Å². The van der Waals surface area contributed by atoms with E-state index in [2.05, 4.69) is 15.6 Å². The van der Waals surface area contributed by atoms with Crippen LogP contribution in [0, 0.1) is 0 Å². The molecule has 5 nitrogen and oxygen atoms in total. The summed E-state index contributed by atoms with van der Waals surface area (Å²) in [5.41, 5.74) is 2.20. The first-order valence-electron chi connectivity index (χ1n) is 8.08. The Balaban J connectivity index is 1.68. The first kappa shape index (κ1) is 16.1. The minimum absolute atomic E-state index is 0.00558. The maximum Gasteiger partial charge on any atom is 0.195 e. The number of nitrogens with zero attached hydrogens (tertiary/aromatic N) is 1. The van der Waals surface area contributed by atoms with Crippen LogP contribution in [0.3, 0.4) is 0 Å². The van der Waals surface area contributed by atoms with Crippen molar-refractivity contribution in [3.05, 3.63) is 59.7 Å². The van der Waals surface area contributed by atoms with Crippen molar-refractivity contribution in [3.63, 3.8) is 0 Å². The molecule has 0 spiro atoms. The fraction of sp³-hybridized carbons (Fsp3) is 0.263. The van der Waals surface area contributed by atoms with Gasteiger partial charge < -0.3 is 15.4 Å². The highest BCUT2D eigenvalue weighted by molar-refractivity contribution is 6.09. The molecule has 124 valence electrons. The normalized spacial score (nSPS) is 13.4. The highest BCUT2D eigenvalue weighted by Gasteiger charge is 2.10. The van der Waals surface area contributed by atoms with Crippen molar-refractivity contribution in [2.45, 2.75) is 20.0 Å². The van der Waals surface area contributed by atoms with Gasteiger partial charge >= 0.3 is 0 Å². The molecule has 0 radical (unpaired) electrons. The second-order valence-electron chi connectivity index (χ2n) is 5.88. The number of carbonyl (C=O) groups is 1. The standard InChI is InChI=1S/C19H21N3O2/c1-13(2)24-17-9-5-15(6-10-17)18(23)14-3-7-16(8-4-14)22-19-20-11-12-21-19/h3-10,13H,11-12H2,1-2H3,(H2,20,21,22). The molecule has 3 rings (SSSR count). The summed E-state index contributed by atoms with van der Waals surface area (Å²) >= 11 is 0. The number of rotatable bonds is 5. The summed E-state index contributed by atoms with van der Waals surface area (Å²) in [7, 11) is 0. The number of hydrogen-bond acceptors (Lipinski definition) is 5. The minimum Gasteiger partial charge on any atom is -0.491 e. The summed E-state index contributed by atoms with van der Waals surface area (Å²) in [4.78, 5) is 16.8. The van der Waals surface area contributed by atoms with Crippen LogP contribution in [0.4, 0.5) is 5.69 Å². The van der Waals surface area contributed by atoms with Crippen LogP contribution in [0.1, 0.15) is 29.8 Å². The number of aliphatic imine (C=N–C) groups is 1. The van der Waals surface area contributed by atoms with Gasteiger partial charge in [0.25, 0.3) is 0 Å². The monoisotopic (exact) mass is 323 g/mol. The average Bonchev–Trinajstić information content (AvgIpc) is 3.08. The van der Waals surface area contributed by atoms with Gasteiger partial charge in [-0.1, -0.05) is 0 Å². The number of ether oxygens (including phenoxy) is 1. The molecular weight excluding hydrogens is 302 g/mol. The Hall–Kier alpha value is -2.82. The number of anilines is 1. The molecule has 0 aliphatic carbocycles. The highest BCUT2D eigenvalue weighted by Crippen LogP contribution is 2.18. The lowest BCUT2D eigenvalue weighted by molar-refractivity contribution is 0.103. The predicted octanol–water partition coefficient (Wildman–Crippen LogP) is 3.08. The molecule has 1 heterocycles. The Labute approximate surface area is 141 Å². The highest BCUT2D eigenvalue weighted by atomic mass is 16.5. The van der Waals surface area contributed by atoms with Gasteiger partial charge in [-0.25, -0.2) is 0 Å². The first-order valence-corrected chi connectivity index (χ1v) is 8.08. The summed E-state index contributed by atoms with van der Waals surface area (Å²) in [6.45, 7) is 5.59. The molecule has 0 bridgehead atoms. The molecule has 1 aliphatic rings. The van der Waals surface area contributed by atoms with Crippen molar-refractivity contribution in [1.82, 2.24) is 5.32 Å². The van der Waals surface area contributed by atoms with E-state index in [0.717, 1.165) is 30.5 Å². The number of hydrogen-bond donors (Lipinski definition) is 2. The summed E-state index contributed by atoms with van der Waals surface area (Å²) < 4.78 is 5.60. The lowest BCUT2D eigenvalue weighted by atomic mass is 10.0. The molecule has 2 aromatic carbocycles. The lowest BCUT2D eigenvalue weighted by Crippen LogP contribution is -2.26. The molecule has 0 saturated carbocycles. The topological polar surface area (TPSA) is 62.7 Å².